The fourth-order valence-corrected chi connectivity index (χ4v) is 4.26. The van der Waals surface area contributed by atoms with Crippen molar-refractivity contribution in [3.05, 3.63) is 86.6 Å². The van der Waals surface area contributed by atoms with Gasteiger partial charge < -0.3 is 16.0 Å². The van der Waals surface area contributed by atoms with Crippen LogP contribution in [0.5, 0.6) is 0 Å². The highest BCUT2D eigenvalue weighted by atomic mass is 16.2. The van der Waals surface area contributed by atoms with Crippen molar-refractivity contribution >= 4 is 23.0 Å². The van der Waals surface area contributed by atoms with Crippen LogP contribution >= 0.6 is 0 Å². The number of hydrogen-bond donors (Lipinski definition) is 2. The number of nitrogens with two attached hydrogens (primary N) is 1. The second-order valence-electron chi connectivity index (χ2n) is 8.32. The van der Waals surface area contributed by atoms with Gasteiger partial charge in [-0.15, -0.1) is 0 Å². The van der Waals surface area contributed by atoms with Crippen LogP contribution in [0.15, 0.2) is 64.2 Å². The highest BCUT2D eigenvalue weighted by Gasteiger charge is 2.22. The summed E-state index contributed by atoms with van der Waals surface area (Å²) in [4.78, 5) is 40.9. The topological polar surface area (TPSA) is 102 Å². The average Bonchev–Trinajstić information content (AvgIpc) is 2.85. The number of hydrogen-bond acceptors (Lipinski definition) is 6. The summed E-state index contributed by atoms with van der Waals surface area (Å²) in [6, 6.07) is 17.1. The minimum Gasteiger partial charge on any atom is -0.384 e. The van der Waals surface area contributed by atoms with E-state index >= 15 is 0 Å². The van der Waals surface area contributed by atoms with Gasteiger partial charge in [-0.1, -0.05) is 42.5 Å². The maximum atomic E-state index is 13.1. The van der Waals surface area contributed by atoms with E-state index in [1.165, 1.54) is 18.0 Å². The van der Waals surface area contributed by atoms with Gasteiger partial charge in [0, 0.05) is 20.1 Å². The predicted molar refractivity (Wildman–Crippen MR) is 131 cm³/mol. The van der Waals surface area contributed by atoms with Crippen LogP contribution in [-0.4, -0.2) is 34.6 Å². The molecule has 1 saturated heterocycles. The standard InChI is InChI=1S/C25H29N5O3/c1-28-24(32)22(23(26)30(25(28)33)17-18-10-4-2-5-11-18)21(31)16-27-19-12-6-7-13-20(19)29-14-8-3-9-15-29/h2,4-7,10-13,27H,3,8-9,14-17,26H2,1H3. The zero-order chi connectivity index (χ0) is 23.4. The van der Waals surface area contributed by atoms with Gasteiger partial charge in [-0.3, -0.25) is 18.7 Å². The van der Waals surface area contributed by atoms with E-state index in [2.05, 4.69) is 10.2 Å². The van der Waals surface area contributed by atoms with Crippen LogP contribution in [-0.2, 0) is 13.6 Å². The molecule has 0 spiro atoms. The van der Waals surface area contributed by atoms with Gasteiger partial charge >= 0.3 is 5.69 Å². The molecule has 4 rings (SSSR count). The summed E-state index contributed by atoms with van der Waals surface area (Å²) >= 11 is 0. The van der Waals surface area contributed by atoms with Gasteiger partial charge in [0.25, 0.3) is 5.56 Å². The molecule has 1 aromatic heterocycles. The Morgan fingerprint density at radius 2 is 1.64 bits per heavy atom. The van der Waals surface area contributed by atoms with Crippen molar-refractivity contribution in [3.8, 4) is 0 Å². The second kappa shape index (κ2) is 9.77. The molecule has 0 unspecified atom stereocenters. The third kappa shape index (κ3) is 4.69. The van der Waals surface area contributed by atoms with Crippen molar-refractivity contribution in [2.45, 2.75) is 25.8 Å². The fourth-order valence-electron chi connectivity index (χ4n) is 4.26. The zero-order valence-electron chi connectivity index (χ0n) is 18.8. The van der Waals surface area contributed by atoms with E-state index in [9.17, 15) is 14.4 Å². The molecule has 0 bridgehead atoms. The minimum absolute atomic E-state index is 0.103. The fraction of sp³-hybridized carbons (Fsp3) is 0.320. The van der Waals surface area contributed by atoms with E-state index in [-0.39, 0.29) is 24.5 Å². The second-order valence-corrected chi connectivity index (χ2v) is 8.32. The van der Waals surface area contributed by atoms with E-state index < -0.39 is 17.0 Å². The molecule has 8 nitrogen and oxygen atoms in total. The molecule has 0 saturated carbocycles. The number of para-hydroxylation sites is 2. The summed E-state index contributed by atoms with van der Waals surface area (Å²) in [7, 11) is 1.36. The molecule has 8 heteroatoms. The lowest BCUT2D eigenvalue weighted by Gasteiger charge is -2.30. The quantitative estimate of drug-likeness (QED) is 0.540. The number of rotatable bonds is 7. The molecule has 172 valence electrons. The largest absolute Gasteiger partial charge is 0.384 e. The first kappa shape index (κ1) is 22.4. The van der Waals surface area contributed by atoms with Crippen molar-refractivity contribution < 1.29 is 4.79 Å². The van der Waals surface area contributed by atoms with E-state index in [0.29, 0.717) is 0 Å². The number of nitrogens with zero attached hydrogens (tertiary/aromatic N) is 3. The van der Waals surface area contributed by atoms with Crippen LogP contribution < -0.4 is 27.2 Å². The van der Waals surface area contributed by atoms with Crippen LogP contribution in [0.2, 0.25) is 0 Å². The Morgan fingerprint density at radius 1 is 0.970 bits per heavy atom. The average molecular weight is 448 g/mol. The maximum absolute atomic E-state index is 13.1. The van der Waals surface area contributed by atoms with Crippen LogP contribution in [0.4, 0.5) is 17.2 Å². The van der Waals surface area contributed by atoms with Crippen LogP contribution in [0.3, 0.4) is 0 Å². The van der Waals surface area contributed by atoms with Gasteiger partial charge in [0.1, 0.15) is 11.4 Å². The van der Waals surface area contributed by atoms with Gasteiger partial charge in [-0.25, -0.2) is 4.79 Å². The minimum atomic E-state index is -0.682. The van der Waals surface area contributed by atoms with Crippen molar-refractivity contribution in [1.29, 1.82) is 0 Å². The molecule has 2 aromatic carbocycles. The van der Waals surface area contributed by atoms with Gasteiger partial charge in [-0.05, 0) is 37.0 Å². The van der Waals surface area contributed by atoms with E-state index in [1.54, 1.807) is 0 Å². The first-order valence-electron chi connectivity index (χ1n) is 11.2. The normalized spacial score (nSPS) is 13.7. The van der Waals surface area contributed by atoms with Crippen molar-refractivity contribution in [2.24, 2.45) is 7.05 Å². The number of aromatic nitrogens is 2. The van der Waals surface area contributed by atoms with E-state index in [4.69, 9.17) is 5.73 Å². The molecule has 2 heterocycles. The highest BCUT2D eigenvalue weighted by molar-refractivity contribution is 6.02. The Labute approximate surface area is 192 Å². The Balaban J connectivity index is 1.60. The molecule has 1 fully saturated rings. The Hall–Kier alpha value is -3.81. The summed E-state index contributed by atoms with van der Waals surface area (Å²) < 4.78 is 2.21. The van der Waals surface area contributed by atoms with Crippen LogP contribution in [0, 0.1) is 0 Å². The number of nitrogen functional groups attached to an aromatic ring is 1. The summed E-state index contributed by atoms with van der Waals surface area (Å²) in [6.45, 7) is 2.02. The number of carbonyl (C=O) groups excluding carboxylic acids is 1. The Bertz CT molecular complexity index is 1260. The van der Waals surface area contributed by atoms with Gasteiger partial charge in [0.15, 0.2) is 5.78 Å². The number of ketones is 1. The van der Waals surface area contributed by atoms with Crippen molar-refractivity contribution in [3.63, 3.8) is 0 Å². The molecule has 0 radical (unpaired) electrons. The molecule has 0 aliphatic carbocycles. The first-order chi connectivity index (χ1) is 16.0. The summed E-state index contributed by atoms with van der Waals surface area (Å²) in [5, 5.41) is 3.18. The van der Waals surface area contributed by atoms with Crippen LogP contribution in [0.1, 0.15) is 35.2 Å². The number of carbonyl (C=O) groups is 1. The third-order valence-electron chi connectivity index (χ3n) is 6.09. The monoisotopic (exact) mass is 447 g/mol. The molecule has 1 aliphatic heterocycles. The lowest BCUT2D eigenvalue weighted by atomic mass is 10.1. The third-order valence-corrected chi connectivity index (χ3v) is 6.09. The van der Waals surface area contributed by atoms with Gasteiger partial charge in [0.2, 0.25) is 0 Å². The van der Waals surface area contributed by atoms with Gasteiger partial charge in [0.05, 0.1) is 24.5 Å². The maximum Gasteiger partial charge on any atom is 0.332 e. The van der Waals surface area contributed by atoms with E-state index in [1.807, 2.05) is 54.6 Å². The molecule has 3 N–H and O–H groups in total. The number of nitrogens with one attached hydrogen (secondary N) is 1. The lowest BCUT2D eigenvalue weighted by Crippen LogP contribution is -2.43. The Kier molecular flexibility index (Phi) is 6.63. The number of Topliss-reactive ketones (excluding diaryl/α,β-unsaturated/α-hetero) is 1. The predicted octanol–water partition coefficient (Wildman–Crippen LogP) is 2.46. The summed E-state index contributed by atoms with van der Waals surface area (Å²) in [6.07, 6.45) is 3.51. The zero-order valence-corrected chi connectivity index (χ0v) is 18.8. The summed E-state index contributed by atoms with van der Waals surface area (Å²) in [5.74, 6) is -0.563. The van der Waals surface area contributed by atoms with Gasteiger partial charge in [-0.2, -0.15) is 0 Å². The number of piperidine rings is 1. The van der Waals surface area contributed by atoms with Crippen molar-refractivity contribution in [1.82, 2.24) is 9.13 Å². The molecule has 33 heavy (non-hydrogen) atoms. The molecular weight excluding hydrogens is 418 g/mol. The highest BCUT2D eigenvalue weighted by Crippen LogP contribution is 2.28. The molecular formula is C25H29N5O3. The van der Waals surface area contributed by atoms with E-state index in [0.717, 1.165) is 47.4 Å². The van der Waals surface area contributed by atoms with Crippen molar-refractivity contribution in [2.75, 3.05) is 35.6 Å². The molecule has 3 aromatic rings. The summed E-state index contributed by atoms with van der Waals surface area (Å²) in [5.41, 5.74) is 7.52. The SMILES string of the molecule is Cn1c(=O)c(C(=O)CNc2ccccc2N2CCCCC2)c(N)n(Cc2ccccc2)c1=O. The number of anilines is 3. The van der Waals surface area contributed by atoms with Crippen LogP contribution in [0.25, 0.3) is 0 Å². The molecule has 0 atom stereocenters. The lowest BCUT2D eigenvalue weighted by molar-refractivity contribution is 0.100. The Morgan fingerprint density at radius 3 is 2.36 bits per heavy atom. The number of benzene rings is 2. The molecule has 0 amide bonds. The first-order valence-corrected chi connectivity index (χ1v) is 11.2. The smallest absolute Gasteiger partial charge is 0.332 e. The molecule has 1 aliphatic rings.